The van der Waals surface area contributed by atoms with Crippen molar-refractivity contribution >= 4 is 11.9 Å². The van der Waals surface area contributed by atoms with Crippen LogP contribution in [0.5, 0.6) is 0 Å². The van der Waals surface area contributed by atoms with E-state index >= 15 is 0 Å². The molecule has 1 fully saturated rings. The quantitative estimate of drug-likeness (QED) is 0.828. The van der Waals surface area contributed by atoms with Crippen molar-refractivity contribution in [3.63, 3.8) is 0 Å². The Bertz CT molecular complexity index is 490. The van der Waals surface area contributed by atoms with Crippen molar-refractivity contribution in [3.8, 4) is 0 Å². The van der Waals surface area contributed by atoms with Gasteiger partial charge < -0.3 is 10.4 Å². The number of carboxylic acids is 1. The summed E-state index contributed by atoms with van der Waals surface area (Å²) in [6.07, 6.45) is 2.50. The summed E-state index contributed by atoms with van der Waals surface area (Å²) < 4.78 is 0. The average molecular weight is 290 g/mol. The van der Waals surface area contributed by atoms with Gasteiger partial charge >= 0.3 is 5.97 Å². The molecular weight excluding hydrogens is 268 g/mol. The molecule has 5 heteroatoms. The average Bonchev–Trinajstić information content (AvgIpc) is 2.84. The largest absolute Gasteiger partial charge is 0.480 e. The van der Waals surface area contributed by atoms with Gasteiger partial charge in [-0.05, 0) is 31.9 Å². The highest BCUT2D eigenvalue weighted by Crippen LogP contribution is 2.15. The maximum atomic E-state index is 12.0. The van der Waals surface area contributed by atoms with E-state index in [0.717, 1.165) is 24.9 Å². The number of rotatable bonds is 6. The van der Waals surface area contributed by atoms with Crippen molar-refractivity contribution in [3.05, 3.63) is 35.9 Å². The first-order chi connectivity index (χ1) is 10.1. The molecule has 1 aliphatic rings. The number of benzene rings is 1. The van der Waals surface area contributed by atoms with Gasteiger partial charge in [0, 0.05) is 12.5 Å². The van der Waals surface area contributed by atoms with E-state index in [0.29, 0.717) is 12.5 Å². The van der Waals surface area contributed by atoms with Gasteiger partial charge in [0.15, 0.2) is 0 Å². The van der Waals surface area contributed by atoms with E-state index in [-0.39, 0.29) is 12.5 Å². The molecule has 1 aromatic carbocycles. The molecule has 114 valence electrons. The summed E-state index contributed by atoms with van der Waals surface area (Å²) >= 11 is 0. The number of hydrogen-bond donors (Lipinski definition) is 2. The highest BCUT2D eigenvalue weighted by Gasteiger charge is 2.25. The van der Waals surface area contributed by atoms with Gasteiger partial charge in [-0.25, -0.2) is 4.79 Å². The van der Waals surface area contributed by atoms with E-state index in [1.165, 1.54) is 0 Å². The van der Waals surface area contributed by atoms with Crippen molar-refractivity contribution in [2.24, 2.45) is 0 Å². The van der Waals surface area contributed by atoms with Crippen LogP contribution in [0.1, 0.15) is 25.3 Å². The molecule has 0 radical (unpaired) electrons. The Morgan fingerprint density at radius 3 is 2.67 bits per heavy atom. The minimum absolute atomic E-state index is 0.216. The predicted octanol–water partition coefficient (Wildman–Crippen LogP) is 1.28. The van der Waals surface area contributed by atoms with Crippen LogP contribution in [0.3, 0.4) is 0 Å². The summed E-state index contributed by atoms with van der Waals surface area (Å²) in [5.74, 6) is -1.21. The van der Waals surface area contributed by atoms with E-state index in [9.17, 15) is 14.7 Å². The minimum atomic E-state index is -0.998. The third-order valence-electron chi connectivity index (χ3n) is 3.95. The Kier molecular flexibility index (Phi) is 5.33. The summed E-state index contributed by atoms with van der Waals surface area (Å²) in [6.45, 7) is 3.28. The summed E-state index contributed by atoms with van der Waals surface area (Å²) in [5, 5.41) is 11.9. The number of carbonyl (C=O) groups excluding carboxylic acids is 1. The van der Waals surface area contributed by atoms with Gasteiger partial charge in [0.25, 0.3) is 0 Å². The van der Waals surface area contributed by atoms with Crippen LogP contribution < -0.4 is 5.32 Å². The second-order valence-corrected chi connectivity index (χ2v) is 5.61. The molecule has 2 N–H and O–H groups in total. The SMILES string of the molecule is CC1CCCN1CC(=O)N[C@H](Cc1ccccc1)C(=O)O. The number of hydrogen-bond acceptors (Lipinski definition) is 3. The molecule has 1 heterocycles. The van der Waals surface area contributed by atoms with Crippen LogP contribution in [-0.2, 0) is 16.0 Å². The number of likely N-dealkylation sites (tertiary alicyclic amines) is 1. The lowest BCUT2D eigenvalue weighted by Gasteiger charge is -2.22. The molecule has 2 atom stereocenters. The zero-order chi connectivity index (χ0) is 15.2. The molecule has 1 saturated heterocycles. The fourth-order valence-corrected chi connectivity index (χ4v) is 2.70. The highest BCUT2D eigenvalue weighted by atomic mass is 16.4. The first-order valence-electron chi connectivity index (χ1n) is 7.36. The number of carboxylic acid groups (broad SMARTS) is 1. The van der Waals surface area contributed by atoms with Gasteiger partial charge in [-0.2, -0.15) is 0 Å². The lowest BCUT2D eigenvalue weighted by molar-refractivity contribution is -0.142. The fourth-order valence-electron chi connectivity index (χ4n) is 2.70. The Morgan fingerprint density at radius 1 is 1.38 bits per heavy atom. The van der Waals surface area contributed by atoms with E-state index in [1.807, 2.05) is 30.3 Å². The zero-order valence-electron chi connectivity index (χ0n) is 12.3. The monoisotopic (exact) mass is 290 g/mol. The lowest BCUT2D eigenvalue weighted by atomic mass is 10.1. The van der Waals surface area contributed by atoms with Crippen LogP contribution in [0.2, 0.25) is 0 Å². The Balaban J connectivity index is 1.90. The van der Waals surface area contributed by atoms with Gasteiger partial charge in [-0.3, -0.25) is 9.69 Å². The first kappa shape index (κ1) is 15.5. The van der Waals surface area contributed by atoms with Crippen molar-refractivity contribution in [2.45, 2.75) is 38.3 Å². The summed E-state index contributed by atoms with van der Waals surface area (Å²) in [7, 11) is 0. The topological polar surface area (TPSA) is 69.6 Å². The zero-order valence-corrected chi connectivity index (χ0v) is 12.3. The highest BCUT2D eigenvalue weighted by molar-refractivity contribution is 5.84. The Morgan fingerprint density at radius 2 is 2.10 bits per heavy atom. The van der Waals surface area contributed by atoms with Crippen LogP contribution in [0.25, 0.3) is 0 Å². The van der Waals surface area contributed by atoms with Crippen LogP contribution >= 0.6 is 0 Å². The lowest BCUT2D eigenvalue weighted by Crippen LogP contribution is -2.47. The number of amides is 1. The van der Waals surface area contributed by atoms with Crippen LogP contribution in [-0.4, -0.2) is 47.1 Å². The second-order valence-electron chi connectivity index (χ2n) is 5.61. The molecule has 0 aliphatic carbocycles. The molecule has 2 rings (SSSR count). The number of nitrogens with one attached hydrogen (secondary N) is 1. The molecular formula is C16H22N2O3. The minimum Gasteiger partial charge on any atom is -0.480 e. The van der Waals surface area contributed by atoms with E-state index in [1.54, 1.807) is 0 Å². The molecule has 1 aliphatic heterocycles. The first-order valence-corrected chi connectivity index (χ1v) is 7.36. The van der Waals surface area contributed by atoms with E-state index in [2.05, 4.69) is 17.1 Å². The van der Waals surface area contributed by atoms with Gasteiger partial charge in [0.1, 0.15) is 6.04 Å². The van der Waals surface area contributed by atoms with Crippen LogP contribution in [0.15, 0.2) is 30.3 Å². The van der Waals surface area contributed by atoms with Gasteiger partial charge in [-0.1, -0.05) is 30.3 Å². The maximum Gasteiger partial charge on any atom is 0.326 e. The molecule has 1 aromatic rings. The fraction of sp³-hybridized carbons (Fsp3) is 0.500. The molecule has 1 amide bonds. The Labute approximate surface area is 125 Å². The molecule has 0 spiro atoms. The van der Waals surface area contributed by atoms with Gasteiger partial charge in [-0.15, -0.1) is 0 Å². The van der Waals surface area contributed by atoms with Crippen molar-refractivity contribution in [1.82, 2.24) is 10.2 Å². The molecule has 0 aromatic heterocycles. The maximum absolute atomic E-state index is 12.0. The molecule has 0 bridgehead atoms. The second kappa shape index (κ2) is 7.22. The van der Waals surface area contributed by atoms with Gasteiger partial charge in [0.05, 0.1) is 6.54 Å². The van der Waals surface area contributed by atoms with E-state index in [4.69, 9.17) is 0 Å². The third kappa shape index (κ3) is 4.56. The predicted molar refractivity (Wildman–Crippen MR) is 80.0 cm³/mol. The van der Waals surface area contributed by atoms with Crippen molar-refractivity contribution in [1.29, 1.82) is 0 Å². The summed E-state index contributed by atoms with van der Waals surface area (Å²) in [6, 6.07) is 8.86. The van der Waals surface area contributed by atoms with Crippen LogP contribution in [0, 0.1) is 0 Å². The van der Waals surface area contributed by atoms with Crippen LogP contribution in [0.4, 0.5) is 0 Å². The smallest absolute Gasteiger partial charge is 0.326 e. The van der Waals surface area contributed by atoms with E-state index < -0.39 is 12.0 Å². The molecule has 21 heavy (non-hydrogen) atoms. The molecule has 5 nitrogen and oxygen atoms in total. The molecule has 1 unspecified atom stereocenters. The van der Waals surface area contributed by atoms with Gasteiger partial charge in [0.2, 0.25) is 5.91 Å². The van der Waals surface area contributed by atoms with Crippen molar-refractivity contribution in [2.75, 3.05) is 13.1 Å². The van der Waals surface area contributed by atoms with Crippen molar-refractivity contribution < 1.29 is 14.7 Å². The standard InChI is InChI=1S/C16H22N2O3/c1-12-6-5-9-18(12)11-15(19)17-14(16(20)21)10-13-7-3-2-4-8-13/h2-4,7-8,12,14H,5-6,9-11H2,1H3,(H,17,19)(H,20,21)/t12?,14-/m1/s1. The Hall–Kier alpha value is -1.88. The third-order valence-corrected chi connectivity index (χ3v) is 3.95. The summed E-state index contributed by atoms with van der Waals surface area (Å²) in [4.78, 5) is 25.4. The number of carbonyl (C=O) groups is 2. The molecule has 0 saturated carbocycles. The number of nitrogens with zero attached hydrogens (tertiary/aromatic N) is 1. The number of aliphatic carboxylic acids is 1. The summed E-state index contributed by atoms with van der Waals surface area (Å²) in [5.41, 5.74) is 0.903. The normalized spacial score (nSPS) is 20.1.